The Morgan fingerprint density at radius 1 is 1.30 bits per heavy atom. The molecular formula is C15H18ClN3O3S. The molecule has 6 nitrogen and oxygen atoms in total. The Bertz CT molecular complexity index is 651. The third-order valence-electron chi connectivity index (χ3n) is 3.51. The Morgan fingerprint density at radius 2 is 2.17 bits per heavy atom. The van der Waals surface area contributed by atoms with Crippen LogP contribution < -0.4 is 16.0 Å². The van der Waals surface area contributed by atoms with Crippen LogP contribution in [0.25, 0.3) is 0 Å². The maximum atomic E-state index is 12.4. The van der Waals surface area contributed by atoms with E-state index in [1.165, 1.54) is 17.6 Å². The van der Waals surface area contributed by atoms with Crippen LogP contribution in [0.2, 0.25) is 0 Å². The van der Waals surface area contributed by atoms with Crippen molar-refractivity contribution < 1.29 is 14.0 Å². The highest BCUT2D eigenvalue weighted by atomic mass is 35.5. The fourth-order valence-corrected chi connectivity index (χ4v) is 3.18. The maximum absolute atomic E-state index is 12.4. The van der Waals surface area contributed by atoms with Gasteiger partial charge < -0.3 is 20.4 Å². The van der Waals surface area contributed by atoms with Gasteiger partial charge >= 0.3 is 0 Å². The number of hydrogen-bond donors (Lipinski definition) is 3. The van der Waals surface area contributed by atoms with Crippen LogP contribution >= 0.6 is 23.7 Å². The molecule has 2 amide bonds. The number of anilines is 1. The number of furan rings is 1. The van der Waals surface area contributed by atoms with E-state index >= 15 is 0 Å². The summed E-state index contributed by atoms with van der Waals surface area (Å²) in [5, 5.41) is 11.3. The highest BCUT2D eigenvalue weighted by Gasteiger charge is 2.20. The van der Waals surface area contributed by atoms with E-state index < -0.39 is 0 Å². The lowest BCUT2D eigenvalue weighted by Gasteiger charge is -2.23. The lowest BCUT2D eigenvalue weighted by Crippen LogP contribution is -2.45. The molecule has 3 rings (SSSR count). The van der Waals surface area contributed by atoms with E-state index in [-0.39, 0.29) is 36.0 Å². The molecule has 0 bridgehead atoms. The second-order valence-electron chi connectivity index (χ2n) is 5.11. The molecule has 0 aliphatic carbocycles. The minimum atomic E-state index is -0.360. The number of carbonyl (C=O) groups excluding carboxylic acids is 2. The van der Waals surface area contributed by atoms with Crippen LogP contribution in [0.4, 0.5) is 5.00 Å². The second kappa shape index (κ2) is 8.14. The quantitative estimate of drug-likeness (QED) is 0.786. The van der Waals surface area contributed by atoms with Crippen LogP contribution in [0.15, 0.2) is 34.3 Å². The number of piperidine rings is 1. The molecule has 1 fully saturated rings. The van der Waals surface area contributed by atoms with Gasteiger partial charge in [-0.2, -0.15) is 0 Å². The molecule has 3 heterocycles. The Kier molecular flexibility index (Phi) is 6.20. The van der Waals surface area contributed by atoms with Gasteiger partial charge in [0.2, 0.25) is 0 Å². The number of thiophene rings is 1. The van der Waals surface area contributed by atoms with Crippen LogP contribution in [0.5, 0.6) is 0 Å². The molecule has 0 radical (unpaired) electrons. The molecule has 0 spiro atoms. The molecule has 1 unspecified atom stereocenters. The van der Waals surface area contributed by atoms with Crippen LogP contribution in [-0.2, 0) is 0 Å². The fourth-order valence-electron chi connectivity index (χ4n) is 2.40. The fraction of sp³-hybridized carbons (Fsp3) is 0.333. The minimum absolute atomic E-state index is 0. The first-order valence-electron chi connectivity index (χ1n) is 7.18. The standard InChI is InChI=1S/C15H17N3O3S.ClH/c19-13(17-10-3-1-6-16-9-10)11-5-8-22-15(11)18-14(20)12-4-2-7-21-12;/h2,4-5,7-8,10,16H,1,3,6,9H2,(H,17,19)(H,18,20);1H. The van der Waals surface area contributed by atoms with Crippen molar-refractivity contribution in [3.63, 3.8) is 0 Å². The summed E-state index contributed by atoms with van der Waals surface area (Å²) in [5.74, 6) is -0.304. The van der Waals surface area contributed by atoms with Crippen LogP contribution in [-0.4, -0.2) is 30.9 Å². The minimum Gasteiger partial charge on any atom is -0.459 e. The Labute approximate surface area is 144 Å². The van der Waals surface area contributed by atoms with E-state index in [1.54, 1.807) is 23.6 Å². The summed E-state index contributed by atoms with van der Waals surface area (Å²) in [5.41, 5.74) is 0.482. The number of halogens is 1. The van der Waals surface area contributed by atoms with Gasteiger partial charge in [0, 0.05) is 12.6 Å². The molecule has 0 aromatic carbocycles. The zero-order valence-electron chi connectivity index (χ0n) is 12.3. The molecule has 1 atom stereocenters. The van der Waals surface area contributed by atoms with Crippen molar-refractivity contribution in [2.24, 2.45) is 0 Å². The van der Waals surface area contributed by atoms with E-state index in [0.29, 0.717) is 10.6 Å². The van der Waals surface area contributed by atoms with Gasteiger partial charge in [-0.15, -0.1) is 23.7 Å². The predicted molar refractivity (Wildman–Crippen MR) is 91.6 cm³/mol. The lowest BCUT2D eigenvalue weighted by molar-refractivity contribution is 0.0932. The van der Waals surface area contributed by atoms with Crippen molar-refractivity contribution in [2.75, 3.05) is 18.4 Å². The van der Waals surface area contributed by atoms with Gasteiger partial charge in [-0.3, -0.25) is 9.59 Å². The molecule has 3 N–H and O–H groups in total. The van der Waals surface area contributed by atoms with Crippen LogP contribution in [0.1, 0.15) is 33.8 Å². The first-order valence-corrected chi connectivity index (χ1v) is 8.06. The summed E-state index contributed by atoms with van der Waals surface area (Å²) in [7, 11) is 0. The Balaban J connectivity index is 0.00000192. The van der Waals surface area contributed by atoms with Crippen molar-refractivity contribution in [2.45, 2.75) is 18.9 Å². The molecule has 8 heteroatoms. The first kappa shape index (κ1) is 17.5. The zero-order valence-corrected chi connectivity index (χ0v) is 14.0. The van der Waals surface area contributed by atoms with Crippen molar-refractivity contribution >= 4 is 40.6 Å². The van der Waals surface area contributed by atoms with Crippen LogP contribution in [0, 0.1) is 0 Å². The van der Waals surface area contributed by atoms with E-state index in [0.717, 1.165) is 25.9 Å². The molecule has 1 aliphatic rings. The molecule has 2 aromatic heterocycles. The summed E-state index contributed by atoms with van der Waals surface area (Å²) in [4.78, 5) is 24.4. The third-order valence-corrected chi connectivity index (χ3v) is 4.34. The highest BCUT2D eigenvalue weighted by Crippen LogP contribution is 2.24. The Hall–Kier alpha value is -1.83. The molecule has 23 heavy (non-hydrogen) atoms. The first-order chi connectivity index (χ1) is 10.7. The number of nitrogens with one attached hydrogen (secondary N) is 3. The maximum Gasteiger partial charge on any atom is 0.291 e. The van der Waals surface area contributed by atoms with E-state index in [2.05, 4.69) is 16.0 Å². The van der Waals surface area contributed by atoms with Gasteiger partial charge in [0.1, 0.15) is 5.00 Å². The highest BCUT2D eigenvalue weighted by molar-refractivity contribution is 7.14. The summed E-state index contributed by atoms with van der Waals surface area (Å²) in [6.07, 6.45) is 3.46. The second-order valence-corrected chi connectivity index (χ2v) is 6.03. The number of carbonyl (C=O) groups is 2. The molecule has 0 saturated carbocycles. The predicted octanol–water partition coefficient (Wildman–Crippen LogP) is 2.50. The topological polar surface area (TPSA) is 83.4 Å². The monoisotopic (exact) mass is 355 g/mol. The van der Waals surface area contributed by atoms with E-state index in [4.69, 9.17) is 4.42 Å². The van der Waals surface area contributed by atoms with Crippen molar-refractivity contribution in [3.8, 4) is 0 Å². The van der Waals surface area contributed by atoms with Gasteiger partial charge in [0.15, 0.2) is 5.76 Å². The SMILES string of the molecule is Cl.O=C(Nc1sccc1C(=O)NC1CCCNC1)c1ccco1. The van der Waals surface area contributed by atoms with Crippen molar-refractivity contribution in [1.82, 2.24) is 10.6 Å². The van der Waals surface area contributed by atoms with Gasteiger partial charge in [-0.1, -0.05) is 0 Å². The van der Waals surface area contributed by atoms with E-state index in [9.17, 15) is 9.59 Å². The normalized spacial score (nSPS) is 17.1. The van der Waals surface area contributed by atoms with Gasteiger partial charge in [-0.25, -0.2) is 0 Å². The van der Waals surface area contributed by atoms with Gasteiger partial charge in [0.25, 0.3) is 11.8 Å². The smallest absolute Gasteiger partial charge is 0.291 e. The van der Waals surface area contributed by atoms with Gasteiger partial charge in [0.05, 0.1) is 11.8 Å². The summed E-state index contributed by atoms with van der Waals surface area (Å²) >= 11 is 1.32. The molecule has 1 aliphatic heterocycles. The average molecular weight is 356 g/mol. The Morgan fingerprint density at radius 3 is 2.87 bits per heavy atom. The van der Waals surface area contributed by atoms with Crippen molar-refractivity contribution in [1.29, 1.82) is 0 Å². The summed E-state index contributed by atoms with van der Waals surface area (Å²) < 4.78 is 5.05. The number of hydrogen-bond acceptors (Lipinski definition) is 5. The molecule has 1 saturated heterocycles. The van der Waals surface area contributed by atoms with Crippen molar-refractivity contribution in [3.05, 3.63) is 41.2 Å². The molecular weight excluding hydrogens is 338 g/mol. The summed E-state index contributed by atoms with van der Waals surface area (Å²) in [6.45, 7) is 1.78. The summed E-state index contributed by atoms with van der Waals surface area (Å²) in [6, 6.07) is 5.08. The van der Waals surface area contributed by atoms with Crippen LogP contribution in [0.3, 0.4) is 0 Å². The average Bonchev–Trinajstić information content (AvgIpc) is 3.19. The van der Waals surface area contributed by atoms with Gasteiger partial charge in [-0.05, 0) is 43.0 Å². The van der Waals surface area contributed by atoms with E-state index in [1.807, 2.05) is 0 Å². The zero-order chi connectivity index (χ0) is 15.4. The number of amides is 2. The third kappa shape index (κ3) is 4.34. The lowest BCUT2D eigenvalue weighted by atomic mass is 10.1. The number of rotatable bonds is 4. The largest absolute Gasteiger partial charge is 0.459 e. The molecule has 2 aromatic rings. The molecule has 124 valence electrons.